The number of thioether (sulfide) groups is 1. The molecule has 9 heteroatoms. The first-order chi connectivity index (χ1) is 17.8. The number of nitrogens with one attached hydrogen (secondary N) is 1. The maximum Gasteiger partial charge on any atom is 0.283 e. The van der Waals surface area contributed by atoms with E-state index in [1.165, 1.54) is 11.0 Å². The Morgan fingerprint density at radius 2 is 1.84 bits per heavy atom. The summed E-state index contributed by atoms with van der Waals surface area (Å²) in [6.07, 6.45) is 1.70. The monoisotopic (exact) mass is 530 g/mol. The Balaban J connectivity index is 1.61. The Labute approximate surface area is 224 Å². The summed E-state index contributed by atoms with van der Waals surface area (Å²) in [5.41, 5.74) is 4.36. The number of carbonyl (C=O) groups is 2. The Morgan fingerprint density at radius 3 is 2.49 bits per heavy atom. The van der Waals surface area contributed by atoms with Crippen molar-refractivity contribution in [3.63, 3.8) is 0 Å². The van der Waals surface area contributed by atoms with Crippen molar-refractivity contribution >= 4 is 57.8 Å². The fourth-order valence-electron chi connectivity index (χ4n) is 3.79. The topological polar surface area (TPSA) is 94.8 Å². The minimum atomic E-state index is -0.355. The number of hydrogen-bond donors (Lipinski definition) is 1. The number of benzene rings is 3. The largest absolute Gasteiger partial charge is 0.497 e. The van der Waals surface area contributed by atoms with Crippen LogP contribution in [0, 0.1) is 25.2 Å². The molecule has 0 saturated heterocycles. The van der Waals surface area contributed by atoms with E-state index in [0.717, 1.165) is 28.5 Å². The molecule has 0 radical (unpaired) electrons. The van der Waals surface area contributed by atoms with Gasteiger partial charge < -0.3 is 10.1 Å². The van der Waals surface area contributed by atoms with Gasteiger partial charge in [0.05, 0.1) is 29.8 Å². The van der Waals surface area contributed by atoms with Gasteiger partial charge in [0.25, 0.3) is 5.91 Å². The van der Waals surface area contributed by atoms with E-state index in [9.17, 15) is 14.9 Å². The van der Waals surface area contributed by atoms with Gasteiger partial charge in [0.15, 0.2) is 5.17 Å². The van der Waals surface area contributed by atoms with E-state index in [-0.39, 0.29) is 23.3 Å². The number of halogens is 1. The fraction of sp³-hybridized carbons (Fsp3) is 0.143. The summed E-state index contributed by atoms with van der Waals surface area (Å²) in [6, 6.07) is 19.8. The van der Waals surface area contributed by atoms with E-state index in [4.69, 9.17) is 16.3 Å². The molecule has 0 bridgehead atoms. The third kappa shape index (κ3) is 6.20. The molecule has 0 saturated carbocycles. The number of nitriles is 1. The van der Waals surface area contributed by atoms with Crippen molar-refractivity contribution in [3.8, 4) is 11.8 Å². The van der Waals surface area contributed by atoms with Crippen molar-refractivity contribution in [1.82, 2.24) is 0 Å². The van der Waals surface area contributed by atoms with Crippen LogP contribution in [0.3, 0.4) is 0 Å². The molecule has 0 aliphatic carbocycles. The molecule has 3 aromatic carbocycles. The Hall–Kier alpha value is -4.06. The van der Waals surface area contributed by atoms with Crippen molar-refractivity contribution in [3.05, 3.63) is 93.6 Å². The molecule has 186 valence electrons. The van der Waals surface area contributed by atoms with Crippen molar-refractivity contribution in [2.45, 2.75) is 13.8 Å². The predicted molar refractivity (Wildman–Crippen MR) is 149 cm³/mol. The van der Waals surface area contributed by atoms with Crippen LogP contribution in [-0.4, -0.2) is 29.8 Å². The number of aryl methyl sites for hydroxylation is 2. The summed E-state index contributed by atoms with van der Waals surface area (Å²) in [7, 11) is 1.59. The third-order valence-electron chi connectivity index (χ3n) is 5.42. The number of methoxy groups -OCH3 is 1. The van der Waals surface area contributed by atoms with E-state index < -0.39 is 0 Å². The van der Waals surface area contributed by atoms with Gasteiger partial charge in [-0.05, 0) is 79.1 Å². The molecule has 1 aliphatic rings. The molecule has 0 spiro atoms. The van der Waals surface area contributed by atoms with Gasteiger partial charge in [-0.1, -0.05) is 41.6 Å². The second-order valence-electron chi connectivity index (χ2n) is 8.32. The van der Waals surface area contributed by atoms with Crippen molar-refractivity contribution in [2.24, 2.45) is 4.99 Å². The smallest absolute Gasteiger partial charge is 0.283 e. The summed E-state index contributed by atoms with van der Waals surface area (Å²) in [5, 5.41) is 12.8. The number of amidine groups is 1. The summed E-state index contributed by atoms with van der Waals surface area (Å²) < 4.78 is 5.20. The molecule has 0 atom stereocenters. The molecule has 0 fully saturated rings. The van der Waals surface area contributed by atoms with Crippen LogP contribution in [0.2, 0.25) is 5.02 Å². The van der Waals surface area contributed by atoms with E-state index in [0.29, 0.717) is 32.9 Å². The highest BCUT2D eigenvalue weighted by Crippen LogP contribution is 2.31. The summed E-state index contributed by atoms with van der Waals surface area (Å²) in [5.74, 6) is 0.0413. The van der Waals surface area contributed by atoms with Gasteiger partial charge in [-0.25, -0.2) is 4.99 Å². The number of anilines is 2. The van der Waals surface area contributed by atoms with Gasteiger partial charge >= 0.3 is 0 Å². The van der Waals surface area contributed by atoms with E-state index >= 15 is 0 Å². The van der Waals surface area contributed by atoms with Crippen LogP contribution in [0.5, 0.6) is 5.75 Å². The lowest BCUT2D eigenvalue weighted by Gasteiger charge is -2.19. The van der Waals surface area contributed by atoms with Crippen LogP contribution in [0.1, 0.15) is 22.3 Å². The molecule has 0 unspecified atom stereocenters. The third-order valence-corrected chi connectivity index (χ3v) is 6.60. The molecular formula is C28H23ClN4O3S. The molecule has 1 heterocycles. The number of nitrogens with zero attached hydrogens (tertiary/aromatic N) is 3. The fourth-order valence-corrected chi connectivity index (χ4v) is 4.78. The highest BCUT2D eigenvalue weighted by Gasteiger charge is 2.32. The van der Waals surface area contributed by atoms with Crippen molar-refractivity contribution in [2.75, 3.05) is 23.1 Å². The van der Waals surface area contributed by atoms with Gasteiger partial charge in [0, 0.05) is 5.02 Å². The van der Waals surface area contributed by atoms with E-state index in [1.54, 1.807) is 25.3 Å². The van der Waals surface area contributed by atoms with Gasteiger partial charge in [-0.15, -0.1) is 0 Å². The molecule has 37 heavy (non-hydrogen) atoms. The van der Waals surface area contributed by atoms with Crippen LogP contribution in [0.25, 0.3) is 6.08 Å². The Kier molecular flexibility index (Phi) is 7.97. The number of carbonyl (C=O) groups excluding carboxylic acids is 2. The molecule has 0 aromatic heterocycles. The molecule has 4 rings (SSSR count). The quantitative estimate of drug-likeness (QED) is 0.397. The average molecular weight is 531 g/mol. The molecule has 1 N–H and O–H groups in total. The molecule has 2 amide bonds. The summed E-state index contributed by atoms with van der Waals surface area (Å²) in [6.45, 7) is 3.92. The second kappa shape index (κ2) is 11.3. The van der Waals surface area contributed by atoms with Gasteiger partial charge in [-0.2, -0.15) is 5.26 Å². The minimum absolute atomic E-state index is 0.0272. The zero-order valence-electron chi connectivity index (χ0n) is 20.4. The summed E-state index contributed by atoms with van der Waals surface area (Å²) in [4.78, 5) is 32.3. The summed E-state index contributed by atoms with van der Waals surface area (Å²) >= 11 is 7.16. The van der Waals surface area contributed by atoms with Crippen LogP contribution in [0.4, 0.5) is 11.4 Å². The number of ether oxygens (including phenoxy) is 1. The molecule has 3 aromatic rings. The van der Waals surface area contributed by atoms with E-state index in [1.807, 2.05) is 62.4 Å². The number of amides is 2. The van der Waals surface area contributed by atoms with Crippen molar-refractivity contribution < 1.29 is 14.3 Å². The maximum absolute atomic E-state index is 13.5. The predicted octanol–water partition coefficient (Wildman–Crippen LogP) is 5.95. The number of hydrogen-bond acceptors (Lipinski definition) is 6. The lowest BCUT2D eigenvalue weighted by Crippen LogP contribution is -2.31. The zero-order valence-corrected chi connectivity index (χ0v) is 22.0. The first-order valence-electron chi connectivity index (χ1n) is 11.3. The molecule has 7 nitrogen and oxygen atoms in total. The highest BCUT2D eigenvalue weighted by atomic mass is 35.5. The van der Waals surface area contributed by atoms with Gasteiger partial charge in [-0.3, -0.25) is 14.5 Å². The first kappa shape index (κ1) is 26.0. The van der Waals surface area contributed by atoms with Crippen LogP contribution in [0.15, 0.2) is 71.4 Å². The Bertz CT molecular complexity index is 1460. The van der Waals surface area contributed by atoms with Crippen LogP contribution >= 0.6 is 23.4 Å². The Morgan fingerprint density at radius 1 is 1.14 bits per heavy atom. The van der Waals surface area contributed by atoms with E-state index in [2.05, 4.69) is 10.3 Å². The second-order valence-corrected chi connectivity index (χ2v) is 9.70. The SMILES string of the molecule is COc1ccc(/C=C2\N=C(SCC(=O)Nc3cc(Cl)ccc3C#N)N(c3cc(C)cc(C)c3)C2=O)cc1. The first-order valence-corrected chi connectivity index (χ1v) is 12.6. The molecular weight excluding hydrogens is 508 g/mol. The molecule has 1 aliphatic heterocycles. The van der Waals surface area contributed by atoms with Gasteiger partial charge in [0.1, 0.15) is 17.5 Å². The number of rotatable bonds is 6. The lowest BCUT2D eigenvalue weighted by atomic mass is 10.1. The standard InChI is InChI=1S/C28H23ClN4O3S/c1-17-10-18(2)12-22(11-17)33-27(35)25(13-19-4-8-23(36-3)9-5-19)32-28(33)37-16-26(34)31-24-14-21(29)7-6-20(24)15-30/h4-14H,16H2,1-3H3,(H,31,34)/b25-13-. The van der Waals surface area contributed by atoms with Crippen LogP contribution in [-0.2, 0) is 9.59 Å². The van der Waals surface area contributed by atoms with Crippen molar-refractivity contribution in [1.29, 1.82) is 5.26 Å². The lowest BCUT2D eigenvalue weighted by molar-refractivity contribution is -0.114. The number of aliphatic imine (C=N–C) groups is 1. The minimum Gasteiger partial charge on any atom is -0.497 e. The average Bonchev–Trinajstić information content (AvgIpc) is 3.17. The normalized spacial score (nSPS) is 13.9. The highest BCUT2D eigenvalue weighted by molar-refractivity contribution is 8.14. The zero-order chi connectivity index (χ0) is 26.5. The maximum atomic E-state index is 13.5. The van der Waals surface area contributed by atoms with Crippen LogP contribution < -0.4 is 15.0 Å². The van der Waals surface area contributed by atoms with Gasteiger partial charge in [0.2, 0.25) is 5.91 Å².